The van der Waals surface area contributed by atoms with Gasteiger partial charge in [-0.25, -0.2) is 0 Å². The molecule has 0 atom stereocenters. The Morgan fingerprint density at radius 2 is 1.64 bits per heavy atom. The molecule has 0 aromatic rings. The first-order valence-corrected chi connectivity index (χ1v) is 3.29. The molecule has 78 valence electrons. The van der Waals surface area contributed by atoms with Crippen molar-refractivity contribution in [3.8, 4) is 0 Å². The van der Waals surface area contributed by atoms with Gasteiger partial charge >= 0.3 is 79.2 Å². The molecular weight excluding hydrogens is 229 g/mol. The Morgan fingerprint density at radius 3 is 1.71 bits per heavy atom. The van der Waals surface area contributed by atoms with Crippen molar-refractivity contribution in [1.29, 1.82) is 0 Å². The molecule has 0 heterocycles. The van der Waals surface area contributed by atoms with Gasteiger partial charge in [0.05, 0.1) is 13.3 Å². The van der Waals surface area contributed by atoms with E-state index in [1.54, 1.807) is 6.92 Å². The van der Waals surface area contributed by atoms with Crippen LogP contribution in [0.25, 0.3) is 0 Å². The van der Waals surface area contributed by atoms with E-state index in [9.17, 15) is 9.59 Å². The van der Waals surface area contributed by atoms with E-state index in [-0.39, 0.29) is 91.3 Å². The molecule has 0 saturated carbocycles. The quantitative estimate of drug-likeness (QED) is 0.297. The molecule has 0 rings (SSSR count). The van der Waals surface area contributed by atoms with Crippen LogP contribution in [0.5, 0.6) is 0 Å². The van der Waals surface area contributed by atoms with Crippen molar-refractivity contribution in [3.05, 3.63) is 0 Å². The van der Waals surface area contributed by atoms with Crippen molar-refractivity contribution in [2.75, 3.05) is 13.3 Å². The van der Waals surface area contributed by atoms with Crippen molar-refractivity contribution in [2.24, 2.45) is 0 Å². The van der Waals surface area contributed by atoms with Crippen LogP contribution in [0.1, 0.15) is 17.6 Å². The Bertz CT molecular complexity index is 158. The van der Waals surface area contributed by atoms with E-state index in [4.69, 9.17) is 15.3 Å². The summed E-state index contributed by atoms with van der Waals surface area (Å²) < 4.78 is 0. The Labute approximate surface area is 139 Å². The summed E-state index contributed by atoms with van der Waals surface area (Å²) in [6.45, 7) is 1.13. The van der Waals surface area contributed by atoms with Crippen LogP contribution in [-0.2, 0) is 9.59 Å². The number of carboxylic acid groups (broad SMARTS) is 2. The van der Waals surface area contributed by atoms with Gasteiger partial charge in [-0.05, 0) is 0 Å². The summed E-state index contributed by atoms with van der Waals surface area (Å²) in [5, 5.41) is 25.7. The summed E-state index contributed by atoms with van der Waals surface area (Å²) in [4.78, 5) is 19.0. The van der Waals surface area contributed by atoms with Gasteiger partial charge < -0.3 is 19.6 Å². The van der Waals surface area contributed by atoms with Crippen LogP contribution in [0.4, 0.5) is 0 Å². The number of hydrogen-bond acceptors (Lipinski definition) is 4. The minimum absolute atomic E-state index is 0. The molecule has 0 aliphatic heterocycles. The first-order chi connectivity index (χ1) is 5.54. The fourth-order valence-corrected chi connectivity index (χ4v) is 0.163. The van der Waals surface area contributed by atoms with E-state index in [1.807, 2.05) is 0 Å². The number of aliphatic carboxylic acids is 2. The Hall–Kier alpha value is 1.12. The average Bonchev–Trinajstić information content (AvgIpc) is 2.02. The van der Waals surface area contributed by atoms with Gasteiger partial charge in [0.1, 0.15) is 0 Å². The summed E-state index contributed by atoms with van der Waals surface area (Å²) in [6.07, 6.45) is 0.222. The van der Waals surface area contributed by atoms with Crippen LogP contribution in [0.2, 0.25) is 0 Å². The van der Waals surface area contributed by atoms with Gasteiger partial charge in [-0.15, -0.1) is 0 Å². The third-order valence-electron chi connectivity index (χ3n) is 0.690. The fourth-order valence-electron chi connectivity index (χ4n) is 0.163. The molecule has 0 aromatic heterocycles. The number of carboxylic acids is 2. The third-order valence-corrected chi connectivity index (χ3v) is 0.690. The van der Waals surface area contributed by atoms with Crippen molar-refractivity contribution in [3.63, 3.8) is 0 Å². The summed E-state index contributed by atoms with van der Waals surface area (Å²) in [5.74, 6) is -1.71. The monoisotopic (exact) mass is 245 g/mol. The summed E-state index contributed by atoms with van der Waals surface area (Å²) in [6, 6.07) is 0. The van der Waals surface area contributed by atoms with Gasteiger partial charge in [0.15, 0.2) is 0 Å². The van der Waals surface area contributed by atoms with E-state index < -0.39 is 11.9 Å². The van der Waals surface area contributed by atoms with Gasteiger partial charge in [-0.1, -0.05) is 6.92 Å². The molecule has 0 aliphatic rings. The third kappa shape index (κ3) is 38.0. The normalized spacial score (nSPS) is 7.00. The number of rotatable bonds is 4. The summed E-state index contributed by atoms with van der Waals surface area (Å²) in [7, 11) is 0. The number of carbonyl (C=O) groups is 2. The zero-order chi connectivity index (χ0) is 9.98. The second-order valence-electron chi connectivity index (χ2n) is 1.73. The molecule has 6 nitrogen and oxygen atoms in total. The zero-order valence-corrected chi connectivity index (χ0v) is 12.7. The van der Waals surface area contributed by atoms with Crippen molar-refractivity contribution in [2.45, 2.75) is 13.3 Å². The molecule has 4 N–H and O–H groups in total. The summed E-state index contributed by atoms with van der Waals surface area (Å²) in [5.41, 5.74) is 0. The zero-order valence-electron chi connectivity index (χ0n) is 11.5. The van der Waals surface area contributed by atoms with Crippen LogP contribution in [0, 0.1) is 0 Å². The van der Waals surface area contributed by atoms with Gasteiger partial charge in [0.2, 0.25) is 0 Å². The SMILES string of the molecule is CCC(=O)O.O=C(O)CNCO.[Ca+2].[H-].[H-].[H-].[Na+]. The molecule has 0 fully saturated rings. The largest absolute Gasteiger partial charge is 2.00 e. The average molecular weight is 245 g/mol. The molecule has 0 amide bonds. The molecule has 8 heteroatoms. The maximum Gasteiger partial charge on any atom is 2.00 e. The van der Waals surface area contributed by atoms with E-state index in [1.165, 1.54) is 0 Å². The molecule has 0 bridgehead atoms. The number of hydrogen-bond donors (Lipinski definition) is 4. The van der Waals surface area contributed by atoms with E-state index >= 15 is 0 Å². The predicted octanol–water partition coefficient (Wildman–Crippen LogP) is -3.95. The topological polar surface area (TPSA) is 107 Å². The Balaban J connectivity index is -0.0000000187. The smallest absolute Gasteiger partial charge is 1.00 e. The van der Waals surface area contributed by atoms with E-state index in [0.717, 1.165) is 0 Å². The van der Waals surface area contributed by atoms with Gasteiger partial charge in [-0.2, -0.15) is 0 Å². The van der Waals surface area contributed by atoms with Gasteiger partial charge in [0, 0.05) is 6.42 Å². The maximum atomic E-state index is 9.58. The molecule has 0 radical (unpaired) electrons. The van der Waals surface area contributed by atoms with Crippen molar-refractivity contribution < 1.29 is 58.7 Å². The van der Waals surface area contributed by atoms with Crippen LogP contribution >= 0.6 is 0 Å². The second kappa shape index (κ2) is 19.7. The van der Waals surface area contributed by atoms with Crippen molar-refractivity contribution >= 4 is 49.7 Å². The maximum absolute atomic E-state index is 9.58. The molecule has 0 unspecified atom stereocenters. The standard InChI is InChI=1S/C3H7NO3.C3H6O2.Ca.Na.3H/c5-2-4-1-3(6)7;1-2-3(4)5;;;;;/h4-5H,1-2H2,(H,6,7);2H2,1H3,(H,4,5);;;;;/q;;+2;+1;3*-1. The number of nitrogens with one attached hydrogen (secondary N) is 1. The Morgan fingerprint density at radius 1 is 1.29 bits per heavy atom. The molecule has 0 aliphatic carbocycles. The van der Waals surface area contributed by atoms with Crippen molar-refractivity contribution in [1.82, 2.24) is 5.32 Å². The summed E-state index contributed by atoms with van der Waals surface area (Å²) >= 11 is 0. The van der Waals surface area contributed by atoms with Crippen LogP contribution in [-0.4, -0.2) is 78.3 Å². The minimum atomic E-state index is -0.964. The van der Waals surface area contributed by atoms with Crippen LogP contribution in [0.3, 0.4) is 0 Å². The predicted molar refractivity (Wildman–Crippen MR) is 49.7 cm³/mol. The van der Waals surface area contributed by atoms with Gasteiger partial charge in [0.25, 0.3) is 0 Å². The molecule has 14 heavy (non-hydrogen) atoms. The first kappa shape index (κ1) is 24.4. The van der Waals surface area contributed by atoms with E-state index in [2.05, 4.69) is 5.32 Å². The molecule has 0 spiro atoms. The molecular formula is C6H16CaNNaO5. The fraction of sp³-hybridized carbons (Fsp3) is 0.667. The van der Waals surface area contributed by atoms with Crippen LogP contribution < -0.4 is 34.9 Å². The van der Waals surface area contributed by atoms with Crippen LogP contribution in [0.15, 0.2) is 0 Å². The minimum Gasteiger partial charge on any atom is -1.00 e. The number of aliphatic hydroxyl groups excluding tert-OH is 1. The Kier molecular flexibility index (Phi) is 34.2. The number of aliphatic hydroxyl groups is 1. The molecule has 0 aromatic carbocycles. The first-order valence-electron chi connectivity index (χ1n) is 3.29. The second-order valence-corrected chi connectivity index (χ2v) is 1.73. The van der Waals surface area contributed by atoms with Gasteiger partial charge in [-0.3, -0.25) is 14.9 Å². The van der Waals surface area contributed by atoms with E-state index in [0.29, 0.717) is 0 Å². The molecule has 0 saturated heterocycles.